The summed E-state index contributed by atoms with van der Waals surface area (Å²) in [6.07, 6.45) is 1.65. The first-order valence-electron chi connectivity index (χ1n) is 8.74. The summed E-state index contributed by atoms with van der Waals surface area (Å²) >= 11 is 2.97. The molecule has 0 bridgehead atoms. The van der Waals surface area contributed by atoms with Gasteiger partial charge in [-0.3, -0.25) is 19.3 Å². The van der Waals surface area contributed by atoms with Crippen molar-refractivity contribution in [3.05, 3.63) is 61.6 Å². The standard InChI is InChI=1S/C21H19IN2O4S/c1-12-6-13(2)8-15(7-12)23-19(25)11-24-20(26)18(29-21(24)27)10-14-4-5-17(28-3)16(22)9-14/h4-10H,11H2,1-3H3,(H,23,25)/b18-10-. The number of aryl methyl sites for hydroxylation is 2. The van der Waals surface area contributed by atoms with E-state index in [2.05, 4.69) is 27.9 Å². The van der Waals surface area contributed by atoms with Crippen LogP contribution in [0.15, 0.2) is 41.3 Å². The van der Waals surface area contributed by atoms with E-state index in [1.807, 2.05) is 44.2 Å². The molecule has 1 fully saturated rings. The number of nitrogens with one attached hydrogen (secondary N) is 1. The first-order chi connectivity index (χ1) is 13.8. The summed E-state index contributed by atoms with van der Waals surface area (Å²) in [6.45, 7) is 3.55. The average molecular weight is 522 g/mol. The normalized spacial score (nSPS) is 15.2. The highest BCUT2D eigenvalue weighted by atomic mass is 127. The first kappa shape index (κ1) is 21.4. The number of thioether (sulfide) groups is 1. The third-order valence-electron chi connectivity index (χ3n) is 4.15. The molecule has 1 N–H and O–H groups in total. The van der Waals surface area contributed by atoms with Crippen LogP contribution in [0.1, 0.15) is 16.7 Å². The van der Waals surface area contributed by atoms with Crippen LogP contribution in [0, 0.1) is 17.4 Å². The van der Waals surface area contributed by atoms with E-state index in [1.165, 1.54) is 0 Å². The van der Waals surface area contributed by atoms with Crippen LogP contribution >= 0.6 is 34.4 Å². The monoisotopic (exact) mass is 522 g/mol. The number of nitrogens with zero attached hydrogens (tertiary/aromatic N) is 1. The van der Waals surface area contributed by atoms with E-state index in [0.29, 0.717) is 5.69 Å². The Morgan fingerprint density at radius 3 is 2.48 bits per heavy atom. The van der Waals surface area contributed by atoms with Crippen LogP contribution in [0.5, 0.6) is 5.75 Å². The van der Waals surface area contributed by atoms with E-state index in [0.717, 1.165) is 42.7 Å². The van der Waals surface area contributed by atoms with Crippen LogP contribution in [0.2, 0.25) is 0 Å². The molecule has 1 aliphatic heterocycles. The summed E-state index contributed by atoms with van der Waals surface area (Å²) in [4.78, 5) is 38.5. The number of carbonyl (C=O) groups excluding carboxylic acids is 3. The highest BCUT2D eigenvalue weighted by Gasteiger charge is 2.36. The van der Waals surface area contributed by atoms with Gasteiger partial charge >= 0.3 is 0 Å². The van der Waals surface area contributed by atoms with Crippen molar-refractivity contribution in [1.82, 2.24) is 4.90 Å². The van der Waals surface area contributed by atoms with Gasteiger partial charge in [-0.05, 0) is 95.2 Å². The molecule has 1 saturated heterocycles. The molecule has 29 heavy (non-hydrogen) atoms. The second-order valence-electron chi connectivity index (χ2n) is 6.59. The number of imide groups is 1. The topological polar surface area (TPSA) is 75.7 Å². The fourth-order valence-electron chi connectivity index (χ4n) is 2.95. The molecule has 0 unspecified atom stereocenters. The molecule has 3 amide bonds. The van der Waals surface area contributed by atoms with E-state index < -0.39 is 17.1 Å². The first-order valence-corrected chi connectivity index (χ1v) is 10.6. The van der Waals surface area contributed by atoms with E-state index in [-0.39, 0.29) is 11.4 Å². The summed E-state index contributed by atoms with van der Waals surface area (Å²) in [6, 6.07) is 11.1. The van der Waals surface area contributed by atoms with Gasteiger partial charge < -0.3 is 10.1 Å². The number of halogens is 1. The molecule has 0 radical (unpaired) electrons. The van der Waals surface area contributed by atoms with Gasteiger partial charge in [0.05, 0.1) is 15.6 Å². The fourth-order valence-corrected chi connectivity index (χ4v) is 4.55. The Hall–Kier alpha value is -2.33. The van der Waals surface area contributed by atoms with Crippen molar-refractivity contribution in [3.63, 3.8) is 0 Å². The van der Waals surface area contributed by atoms with E-state index in [9.17, 15) is 14.4 Å². The maximum atomic E-state index is 12.6. The minimum atomic E-state index is -0.471. The van der Waals surface area contributed by atoms with Crippen LogP contribution in [-0.2, 0) is 9.59 Å². The lowest BCUT2D eigenvalue weighted by molar-refractivity contribution is -0.127. The summed E-state index contributed by atoms with van der Waals surface area (Å²) in [5.74, 6) is -0.155. The summed E-state index contributed by atoms with van der Waals surface area (Å²) in [5, 5.41) is 2.29. The number of amides is 3. The number of hydrogen-bond donors (Lipinski definition) is 1. The van der Waals surface area contributed by atoms with Gasteiger partial charge in [0.1, 0.15) is 12.3 Å². The molecular formula is C21H19IN2O4S. The smallest absolute Gasteiger partial charge is 0.294 e. The van der Waals surface area contributed by atoms with Gasteiger partial charge in [-0.25, -0.2) is 0 Å². The molecular weight excluding hydrogens is 503 g/mol. The lowest BCUT2D eigenvalue weighted by Crippen LogP contribution is -2.36. The van der Waals surface area contributed by atoms with Crippen molar-refractivity contribution in [1.29, 1.82) is 0 Å². The van der Waals surface area contributed by atoms with Crippen LogP contribution in [0.4, 0.5) is 10.5 Å². The minimum absolute atomic E-state index is 0.287. The van der Waals surface area contributed by atoms with E-state index in [1.54, 1.807) is 19.3 Å². The van der Waals surface area contributed by atoms with Crippen LogP contribution in [0.3, 0.4) is 0 Å². The Morgan fingerprint density at radius 1 is 1.17 bits per heavy atom. The van der Waals surface area contributed by atoms with Crippen LogP contribution < -0.4 is 10.1 Å². The summed E-state index contributed by atoms with van der Waals surface area (Å²) in [5.41, 5.74) is 3.45. The average Bonchev–Trinajstić information content (AvgIpc) is 2.88. The molecule has 1 heterocycles. The zero-order chi connectivity index (χ0) is 21.1. The van der Waals surface area contributed by atoms with Crippen molar-refractivity contribution in [2.24, 2.45) is 0 Å². The summed E-state index contributed by atoms with van der Waals surface area (Å²) < 4.78 is 6.12. The number of methoxy groups -OCH3 is 1. The highest BCUT2D eigenvalue weighted by Crippen LogP contribution is 2.33. The fraction of sp³-hybridized carbons (Fsp3) is 0.190. The second kappa shape index (κ2) is 9.00. The molecule has 8 heteroatoms. The Morgan fingerprint density at radius 2 is 1.86 bits per heavy atom. The van der Waals surface area contributed by atoms with Crippen molar-refractivity contribution < 1.29 is 19.1 Å². The van der Waals surface area contributed by atoms with Gasteiger partial charge in [-0.2, -0.15) is 0 Å². The van der Waals surface area contributed by atoms with Crippen LogP contribution in [0.25, 0.3) is 6.08 Å². The third kappa shape index (κ3) is 5.18. The minimum Gasteiger partial charge on any atom is -0.496 e. The Bertz CT molecular complexity index is 1020. The number of anilines is 1. The van der Waals surface area contributed by atoms with Crippen LogP contribution in [-0.4, -0.2) is 35.6 Å². The van der Waals surface area contributed by atoms with Crippen molar-refractivity contribution >= 4 is 63.2 Å². The molecule has 0 spiro atoms. The predicted octanol–water partition coefficient (Wildman–Crippen LogP) is 4.59. The highest BCUT2D eigenvalue weighted by molar-refractivity contribution is 14.1. The van der Waals surface area contributed by atoms with Gasteiger partial charge in [-0.1, -0.05) is 12.1 Å². The van der Waals surface area contributed by atoms with E-state index >= 15 is 0 Å². The Balaban J connectivity index is 1.71. The van der Waals surface area contributed by atoms with E-state index in [4.69, 9.17) is 4.74 Å². The van der Waals surface area contributed by atoms with Gasteiger partial charge in [0.2, 0.25) is 5.91 Å². The number of ether oxygens (including phenoxy) is 1. The largest absolute Gasteiger partial charge is 0.496 e. The third-order valence-corrected chi connectivity index (χ3v) is 5.90. The molecule has 0 aliphatic carbocycles. The Kier molecular flexibility index (Phi) is 6.63. The van der Waals surface area contributed by atoms with Crippen molar-refractivity contribution in [2.75, 3.05) is 19.0 Å². The number of carbonyl (C=O) groups is 3. The zero-order valence-corrected chi connectivity index (χ0v) is 19.1. The number of benzene rings is 2. The summed E-state index contributed by atoms with van der Waals surface area (Å²) in [7, 11) is 1.59. The Labute approximate surface area is 186 Å². The SMILES string of the molecule is COc1ccc(/C=C2\SC(=O)N(CC(=O)Nc3cc(C)cc(C)c3)C2=O)cc1I. The van der Waals surface area contributed by atoms with Gasteiger partial charge in [0.15, 0.2) is 0 Å². The lowest BCUT2D eigenvalue weighted by Gasteiger charge is -2.13. The van der Waals surface area contributed by atoms with Crippen molar-refractivity contribution in [2.45, 2.75) is 13.8 Å². The van der Waals surface area contributed by atoms with Gasteiger partial charge in [0, 0.05) is 5.69 Å². The molecule has 1 aliphatic rings. The molecule has 2 aromatic rings. The lowest BCUT2D eigenvalue weighted by atomic mass is 10.1. The predicted molar refractivity (Wildman–Crippen MR) is 123 cm³/mol. The maximum Gasteiger partial charge on any atom is 0.294 e. The van der Waals surface area contributed by atoms with Crippen molar-refractivity contribution in [3.8, 4) is 5.75 Å². The molecule has 150 valence electrons. The molecule has 6 nitrogen and oxygen atoms in total. The molecule has 3 rings (SSSR count). The molecule has 0 atom stereocenters. The van der Waals surface area contributed by atoms with Gasteiger partial charge in [-0.15, -0.1) is 0 Å². The number of rotatable bonds is 5. The maximum absolute atomic E-state index is 12.6. The molecule has 0 aromatic heterocycles. The molecule has 2 aromatic carbocycles. The zero-order valence-electron chi connectivity index (χ0n) is 16.1. The molecule has 0 saturated carbocycles. The quantitative estimate of drug-likeness (QED) is 0.460. The van der Waals surface area contributed by atoms with Gasteiger partial charge in [0.25, 0.3) is 11.1 Å². The number of hydrogen-bond acceptors (Lipinski definition) is 5. The second-order valence-corrected chi connectivity index (χ2v) is 8.74.